The van der Waals surface area contributed by atoms with E-state index in [0.29, 0.717) is 16.9 Å². The first-order chi connectivity index (χ1) is 10.5. The highest BCUT2D eigenvalue weighted by molar-refractivity contribution is 7.12. The molecule has 3 N–H and O–H groups in total. The highest BCUT2D eigenvalue weighted by Gasteiger charge is 2.47. The molecule has 2 aliphatic rings. The van der Waals surface area contributed by atoms with Crippen molar-refractivity contribution in [2.45, 2.75) is 44.2 Å². The van der Waals surface area contributed by atoms with Crippen LogP contribution in [-0.2, 0) is 4.79 Å². The molecule has 7 heteroatoms. The van der Waals surface area contributed by atoms with Crippen molar-refractivity contribution in [2.75, 3.05) is 0 Å². The zero-order valence-electron chi connectivity index (χ0n) is 12.0. The Kier molecular flexibility index (Phi) is 3.90. The first-order valence-corrected chi connectivity index (χ1v) is 8.31. The number of amides is 2. The van der Waals surface area contributed by atoms with Crippen LogP contribution >= 0.6 is 11.3 Å². The number of hydrogen-bond acceptors (Lipinski definition) is 4. The highest BCUT2D eigenvalue weighted by Crippen LogP contribution is 2.40. The molecule has 2 amide bonds. The molecule has 0 aromatic carbocycles. The van der Waals surface area contributed by atoms with Gasteiger partial charge in [0.2, 0.25) is 5.91 Å². The normalized spacial score (nSPS) is 27.5. The monoisotopic (exact) mass is 322 g/mol. The number of carbonyl (C=O) groups excluding carboxylic acids is 2. The van der Waals surface area contributed by atoms with E-state index in [2.05, 4.69) is 0 Å². The van der Waals surface area contributed by atoms with E-state index in [-0.39, 0.29) is 17.9 Å². The lowest BCUT2D eigenvalue weighted by atomic mass is 9.85. The van der Waals surface area contributed by atoms with Crippen LogP contribution in [0.5, 0.6) is 0 Å². The minimum absolute atomic E-state index is 0.00137. The lowest BCUT2D eigenvalue weighted by Gasteiger charge is -2.32. The minimum atomic E-state index is -0.950. The fourth-order valence-corrected chi connectivity index (χ4v) is 4.52. The number of aliphatic carboxylic acids is 1. The number of carbonyl (C=O) groups is 3. The van der Waals surface area contributed by atoms with Crippen LogP contribution in [0.2, 0.25) is 0 Å². The quantitative estimate of drug-likeness (QED) is 0.884. The maximum Gasteiger partial charge on any atom is 0.326 e. The van der Waals surface area contributed by atoms with Crippen LogP contribution in [0, 0.1) is 5.92 Å². The predicted octanol–water partition coefficient (Wildman–Crippen LogP) is 1.70. The maximum absolute atomic E-state index is 12.8. The van der Waals surface area contributed by atoms with Gasteiger partial charge in [-0.15, -0.1) is 11.3 Å². The lowest BCUT2D eigenvalue weighted by Crippen LogP contribution is -2.46. The van der Waals surface area contributed by atoms with Gasteiger partial charge in [0.1, 0.15) is 6.04 Å². The summed E-state index contributed by atoms with van der Waals surface area (Å²) < 4.78 is 0. The summed E-state index contributed by atoms with van der Waals surface area (Å²) in [5, 5.41) is 11.0. The molecule has 1 aromatic rings. The Morgan fingerprint density at radius 1 is 1.27 bits per heavy atom. The van der Waals surface area contributed by atoms with E-state index in [1.165, 1.54) is 11.0 Å². The number of fused-ring (bicyclic) bond motifs is 1. The number of nitrogens with two attached hydrogens (primary N) is 1. The molecule has 118 valence electrons. The molecule has 6 nitrogen and oxygen atoms in total. The van der Waals surface area contributed by atoms with E-state index >= 15 is 0 Å². The van der Waals surface area contributed by atoms with Gasteiger partial charge in [0.05, 0.1) is 10.4 Å². The summed E-state index contributed by atoms with van der Waals surface area (Å²) in [6, 6.07) is 0.700. The smallest absolute Gasteiger partial charge is 0.326 e. The molecule has 1 aliphatic heterocycles. The highest BCUT2D eigenvalue weighted by atomic mass is 32.1. The molecule has 1 aromatic heterocycles. The molecule has 2 heterocycles. The molecule has 3 atom stereocenters. The average Bonchev–Trinajstić information content (AvgIpc) is 3.11. The predicted molar refractivity (Wildman–Crippen MR) is 80.8 cm³/mol. The number of carboxylic acid groups (broad SMARTS) is 1. The van der Waals surface area contributed by atoms with Gasteiger partial charge in [-0.25, -0.2) is 4.79 Å². The molecule has 2 fully saturated rings. The zero-order valence-corrected chi connectivity index (χ0v) is 12.8. The summed E-state index contributed by atoms with van der Waals surface area (Å²) in [6.07, 6.45) is 4.48. The minimum Gasteiger partial charge on any atom is -0.480 e. The Balaban J connectivity index is 1.89. The Morgan fingerprint density at radius 3 is 2.64 bits per heavy atom. The fourth-order valence-electron chi connectivity index (χ4n) is 3.68. The second kappa shape index (κ2) is 5.72. The number of hydrogen-bond donors (Lipinski definition) is 2. The van der Waals surface area contributed by atoms with Gasteiger partial charge in [0.25, 0.3) is 5.91 Å². The molecule has 1 aliphatic carbocycles. The van der Waals surface area contributed by atoms with Crippen LogP contribution < -0.4 is 5.73 Å². The molecule has 22 heavy (non-hydrogen) atoms. The largest absolute Gasteiger partial charge is 0.480 e. The molecule has 0 radical (unpaired) electrons. The first-order valence-electron chi connectivity index (χ1n) is 7.43. The standard InChI is InChI=1S/C15H18N2O4S/c16-13(18)9-6-12(22-7-9)14(19)17-10-4-2-1-3-8(10)5-11(17)15(20)21/h6-8,10-11H,1-5H2,(H2,16,18)(H,20,21). The van der Waals surface area contributed by atoms with E-state index in [1.807, 2.05) is 0 Å². The van der Waals surface area contributed by atoms with E-state index < -0.39 is 17.9 Å². The Morgan fingerprint density at radius 2 is 2.00 bits per heavy atom. The maximum atomic E-state index is 12.8. The second-order valence-electron chi connectivity index (χ2n) is 5.98. The number of primary amides is 1. The van der Waals surface area contributed by atoms with Gasteiger partial charge in [-0.1, -0.05) is 12.8 Å². The van der Waals surface area contributed by atoms with Crippen molar-refractivity contribution in [1.82, 2.24) is 4.90 Å². The topological polar surface area (TPSA) is 101 Å². The third-order valence-electron chi connectivity index (χ3n) is 4.70. The van der Waals surface area contributed by atoms with Gasteiger partial charge in [0.15, 0.2) is 0 Å². The van der Waals surface area contributed by atoms with Crippen LogP contribution in [0.15, 0.2) is 11.4 Å². The molecular weight excluding hydrogens is 304 g/mol. The van der Waals surface area contributed by atoms with Crippen molar-refractivity contribution >= 4 is 29.1 Å². The van der Waals surface area contributed by atoms with Crippen LogP contribution in [0.1, 0.15) is 52.1 Å². The van der Waals surface area contributed by atoms with Gasteiger partial charge in [-0.05, 0) is 31.2 Å². The average molecular weight is 322 g/mol. The first kappa shape index (κ1) is 15.0. The van der Waals surface area contributed by atoms with Crippen molar-refractivity contribution in [2.24, 2.45) is 11.7 Å². The summed E-state index contributed by atoms with van der Waals surface area (Å²) in [5.41, 5.74) is 5.50. The molecule has 3 unspecified atom stereocenters. The number of likely N-dealkylation sites (tertiary alicyclic amines) is 1. The Labute approximate surface area is 131 Å². The van der Waals surface area contributed by atoms with Gasteiger partial charge in [-0.2, -0.15) is 0 Å². The number of carboxylic acids is 1. The molecule has 1 saturated heterocycles. The zero-order chi connectivity index (χ0) is 15.9. The third kappa shape index (κ3) is 2.49. The van der Waals surface area contributed by atoms with Crippen molar-refractivity contribution in [1.29, 1.82) is 0 Å². The van der Waals surface area contributed by atoms with Gasteiger partial charge in [-0.3, -0.25) is 9.59 Å². The summed E-state index contributed by atoms with van der Waals surface area (Å²) in [4.78, 5) is 37.4. The second-order valence-corrected chi connectivity index (χ2v) is 6.89. The molecule has 3 rings (SSSR count). The Hall–Kier alpha value is -1.89. The Bertz CT molecular complexity index is 627. The molecular formula is C15H18N2O4S. The van der Waals surface area contributed by atoms with Gasteiger partial charge in [0, 0.05) is 11.4 Å². The van der Waals surface area contributed by atoms with Crippen LogP contribution in [-0.4, -0.2) is 39.9 Å². The summed E-state index contributed by atoms with van der Waals surface area (Å²) in [5.74, 6) is -1.55. The van der Waals surface area contributed by atoms with Crippen LogP contribution in [0.25, 0.3) is 0 Å². The SMILES string of the molecule is NC(=O)c1csc(C(=O)N2C(C(=O)O)CC3CCCCC32)c1. The number of nitrogens with zero attached hydrogens (tertiary/aromatic N) is 1. The van der Waals surface area contributed by atoms with E-state index in [9.17, 15) is 19.5 Å². The summed E-state index contributed by atoms with van der Waals surface area (Å²) >= 11 is 1.14. The third-order valence-corrected chi connectivity index (χ3v) is 5.62. The fraction of sp³-hybridized carbons (Fsp3) is 0.533. The molecule has 0 bridgehead atoms. The van der Waals surface area contributed by atoms with Crippen molar-refractivity contribution in [3.8, 4) is 0 Å². The van der Waals surface area contributed by atoms with Crippen molar-refractivity contribution in [3.05, 3.63) is 21.9 Å². The van der Waals surface area contributed by atoms with Crippen molar-refractivity contribution in [3.63, 3.8) is 0 Å². The van der Waals surface area contributed by atoms with Gasteiger partial charge < -0.3 is 15.7 Å². The van der Waals surface area contributed by atoms with Crippen molar-refractivity contribution < 1.29 is 19.5 Å². The number of rotatable bonds is 3. The van der Waals surface area contributed by atoms with E-state index in [0.717, 1.165) is 37.0 Å². The summed E-state index contributed by atoms with van der Waals surface area (Å²) in [6.45, 7) is 0. The number of thiophene rings is 1. The molecule has 1 saturated carbocycles. The van der Waals surface area contributed by atoms with E-state index in [4.69, 9.17) is 5.73 Å². The van der Waals surface area contributed by atoms with Gasteiger partial charge >= 0.3 is 5.97 Å². The molecule has 0 spiro atoms. The summed E-state index contributed by atoms with van der Waals surface area (Å²) in [7, 11) is 0. The van der Waals surface area contributed by atoms with E-state index in [1.54, 1.807) is 5.38 Å². The lowest BCUT2D eigenvalue weighted by molar-refractivity contribution is -0.141. The van der Waals surface area contributed by atoms with Crippen LogP contribution in [0.4, 0.5) is 0 Å². The van der Waals surface area contributed by atoms with Crippen LogP contribution in [0.3, 0.4) is 0 Å².